The van der Waals surface area contributed by atoms with Gasteiger partial charge in [-0.25, -0.2) is 4.79 Å². The number of ketones is 1. The minimum atomic E-state index is -0.668. The molecule has 0 spiro atoms. The van der Waals surface area contributed by atoms with Gasteiger partial charge in [0.2, 0.25) is 5.78 Å². The summed E-state index contributed by atoms with van der Waals surface area (Å²) in [7, 11) is 1.47. The Morgan fingerprint density at radius 3 is 2.55 bits per heavy atom. The highest BCUT2D eigenvalue weighted by atomic mass is 16.5. The first-order valence-electron chi connectivity index (χ1n) is 6.66. The van der Waals surface area contributed by atoms with E-state index in [4.69, 9.17) is 9.47 Å². The number of carbonyl (C=O) groups excluding carboxylic acids is 2. The van der Waals surface area contributed by atoms with Crippen LogP contribution in [0.25, 0.3) is 0 Å². The van der Waals surface area contributed by atoms with Crippen LogP contribution < -0.4 is 4.74 Å². The molecule has 0 aromatic heterocycles. The number of aryl methyl sites for hydroxylation is 1. The average Bonchev–Trinajstić information content (AvgIpc) is 2.54. The number of carbonyl (C=O) groups is 2. The lowest BCUT2D eigenvalue weighted by molar-refractivity contribution is 0.0473. The lowest BCUT2D eigenvalue weighted by Crippen LogP contribution is -2.15. The monoisotopic (exact) mass is 300 g/mol. The molecule has 0 amide bonds. The third-order valence-corrected chi connectivity index (χ3v) is 3.19. The zero-order valence-corrected chi connectivity index (χ0v) is 12.3. The number of benzene rings is 2. The minimum Gasteiger partial charge on any atom is -0.508 e. The predicted molar refractivity (Wildman–Crippen MR) is 80.5 cm³/mol. The number of para-hydroxylation sites is 1. The standard InChI is InChI=1S/C17H16O5/c1-11-7-8-12(9-14(11)18)17(20)22-10-15(19)13-5-3-4-6-16(13)21-2/h3-9,18H,10H2,1-2H3. The largest absolute Gasteiger partial charge is 0.508 e. The molecule has 0 aliphatic carbocycles. The van der Waals surface area contributed by atoms with Crippen LogP contribution in [0, 0.1) is 6.92 Å². The Kier molecular flexibility index (Phi) is 4.78. The normalized spacial score (nSPS) is 10.1. The Hall–Kier alpha value is -2.82. The van der Waals surface area contributed by atoms with Gasteiger partial charge in [0.05, 0.1) is 18.2 Å². The van der Waals surface area contributed by atoms with Crippen molar-refractivity contribution in [2.24, 2.45) is 0 Å². The van der Waals surface area contributed by atoms with E-state index in [-0.39, 0.29) is 17.1 Å². The van der Waals surface area contributed by atoms with E-state index < -0.39 is 12.6 Å². The van der Waals surface area contributed by atoms with Gasteiger partial charge in [0, 0.05) is 0 Å². The number of aromatic hydroxyl groups is 1. The van der Waals surface area contributed by atoms with Gasteiger partial charge in [-0.15, -0.1) is 0 Å². The second-order valence-electron chi connectivity index (χ2n) is 4.70. The number of ether oxygens (including phenoxy) is 2. The highest BCUT2D eigenvalue weighted by molar-refractivity contribution is 6.01. The van der Waals surface area contributed by atoms with Crippen LogP contribution in [0.1, 0.15) is 26.3 Å². The third kappa shape index (κ3) is 3.44. The molecule has 5 heteroatoms. The molecule has 2 aromatic rings. The van der Waals surface area contributed by atoms with Crippen molar-refractivity contribution >= 4 is 11.8 Å². The maximum absolute atomic E-state index is 12.1. The zero-order chi connectivity index (χ0) is 16.1. The van der Waals surface area contributed by atoms with Crippen molar-refractivity contribution < 1.29 is 24.2 Å². The Morgan fingerprint density at radius 2 is 1.86 bits per heavy atom. The lowest BCUT2D eigenvalue weighted by Gasteiger charge is -2.08. The van der Waals surface area contributed by atoms with Crippen LogP contribution in [-0.4, -0.2) is 30.6 Å². The molecule has 114 valence electrons. The molecule has 2 aromatic carbocycles. The number of Topliss-reactive ketones (excluding diaryl/α,β-unsaturated/α-hetero) is 1. The van der Waals surface area contributed by atoms with E-state index >= 15 is 0 Å². The first kappa shape index (κ1) is 15.6. The molecule has 0 heterocycles. The van der Waals surface area contributed by atoms with Crippen molar-refractivity contribution in [1.82, 2.24) is 0 Å². The number of phenols is 1. The van der Waals surface area contributed by atoms with Gasteiger partial charge in [-0.2, -0.15) is 0 Å². The first-order chi connectivity index (χ1) is 10.5. The molecule has 0 radical (unpaired) electrons. The van der Waals surface area contributed by atoms with Crippen LogP contribution in [0.5, 0.6) is 11.5 Å². The fourth-order valence-electron chi connectivity index (χ4n) is 1.90. The van der Waals surface area contributed by atoms with Crippen LogP contribution in [-0.2, 0) is 4.74 Å². The molecule has 5 nitrogen and oxygen atoms in total. The van der Waals surface area contributed by atoms with E-state index in [1.165, 1.54) is 19.2 Å². The second-order valence-corrected chi connectivity index (χ2v) is 4.70. The van der Waals surface area contributed by atoms with Gasteiger partial charge in [-0.3, -0.25) is 4.79 Å². The first-order valence-corrected chi connectivity index (χ1v) is 6.66. The fraction of sp³-hybridized carbons (Fsp3) is 0.176. The van der Waals surface area contributed by atoms with Gasteiger partial charge in [0.15, 0.2) is 6.61 Å². The maximum atomic E-state index is 12.1. The molecule has 2 rings (SSSR count). The Labute approximate surface area is 128 Å². The van der Waals surface area contributed by atoms with Gasteiger partial charge >= 0.3 is 5.97 Å². The molecule has 0 saturated carbocycles. The predicted octanol–water partition coefficient (Wildman–Crippen LogP) is 2.75. The number of phenolic OH excluding ortho intramolecular Hbond substituents is 1. The molecule has 0 aliphatic heterocycles. The summed E-state index contributed by atoms with van der Waals surface area (Å²) >= 11 is 0. The zero-order valence-electron chi connectivity index (χ0n) is 12.3. The molecule has 0 atom stereocenters. The van der Waals surface area contributed by atoms with E-state index in [9.17, 15) is 14.7 Å². The van der Waals surface area contributed by atoms with Crippen molar-refractivity contribution in [3.8, 4) is 11.5 Å². The van der Waals surface area contributed by atoms with E-state index in [0.29, 0.717) is 16.9 Å². The summed E-state index contributed by atoms with van der Waals surface area (Å²) in [6, 6.07) is 11.2. The van der Waals surface area contributed by atoms with Gasteiger partial charge in [-0.05, 0) is 36.8 Å². The van der Waals surface area contributed by atoms with Crippen LogP contribution >= 0.6 is 0 Å². The van der Waals surface area contributed by atoms with Crippen molar-refractivity contribution in [1.29, 1.82) is 0 Å². The maximum Gasteiger partial charge on any atom is 0.338 e. The van der Waals surface area contributed by atoms with E-state index in [1.54, 1.807) is 37.3 Å². The molecule has 0 bridgehead atoms. The number of rotatable bonds is 5. The molecule has 0 fully saturated rings. The van der Waals surface area contributed by atoms with Crippen molar-refractivity contribution in [2.75, 3.05) is 13.7 Å². The van der Waals surface area contributed by atoms with Crippen LogP contribution in [0.3, 0.4) is 0 Å². The van der Waals surface area contributed by atoms with Crippen LogP contribution in [0.2, 0.25) is 0 Å². The highest BCUT2D eigenvalue weighted by Crippen LogP contribution is 2.19. The smallest absolute Gasteiger partial charge is 0.338 e. The summed E-state index contributed by atoms with van der Waals surface area (Å²) in [6.07, 6.45) is 0. The number of esters is 1. The van der Waals surface area contributed by atoms with Crippen molar-refractivity contribution in [2.45, 2.75) is 6.92 Å². The van der Waals surface area contributed by atoms with Crippen LogP contribution in [0.4, 0.5) is 0 Å². The number of hydrogen-bond donors (Lipinski definition) is 1. The fourth-order valence-corrected chi connectivity index (χ4v) is 1.90. The Balaban J connectivity index is 2.04. The summed E-state index contributed by atoms with van der Waals surface area (Å²) in [6.45, 7) is 1.32. The van der Waals surface area contributed by atoms with Crippen molar-refractivity contribution in [3.63, 3.8) is 0 Å². The summed E-state index contributed by atoms with van der Waals surface area (Å²) in [5.41, 5.74) is 1.20. The molecule has 1 N–H and O–H groups in total. The summed E-state index contributed by atoms with van der Waals surface area (Å²) in [5, 5.41) is 9.58. The van der Waals surface area contributed by atoms with E-state index in [1.807, 2.05) is 0 Å². The summed E-state index contributed by atoms with van der Waals surface area (Å²) < 4.78 is 10.1. The van der Waals surface area contributed by atoms with Gasteiger partial charge in [0.25, 0.3) is 0 Å². The third-order valence-electron chi connectivity index (χ3n) is 3.19. The lowest BCUT2D eigenvalue weighted by atomic mass is 10.1. The Bertz CT molecular complexity index is 706. The van der Waals surface area contributed by atoms with E-state index in [2.05, 4.69) is 0 Å². The Morgan fingerprint density at radius 1 is 1.14 bits per heavy atom. The second kappa shape index (κ2) is 6.76. The highest BCUT2D eigenvalue weighted by Gasteiger charge is 2.15. The topological polar surface area (TPSA) is 72.8 Å². The number of methoxy groups -OCH3 is 1. The van der Waals surface area contributed by atoms with Gasteiger partial charge < -0.3 is 14.6 Å². The minimum absolute atomic E-state index is 0.00510. The summed E-state index contributed by atoms with van der Waals surface area (Å²) in [4.78, 5) is 24.0. The van der Waals surface area contributed by atoms with Gasteiger partial charge in [0.1, 0.15) is 11.5 Å². The summed E-state index contributed by atoms with van der Waals surface area (Å²) in [5.74, 6) is -0.595. The number of hydrogen-bond acceptors (Lipinski definition) is 5. The SMILES string of the molecule is COc1ccccc1C(=O)COC(=O)c1ccc(C)c(O)c1. The molecule has 0 saturated heterocycles. The van der Waals surface area contributed by atoms with E-state index in [0.717, 1.165) is 0 Å². The average molecular weight is 300 g/mol. The van der Waals surface area contributed by atoms with Gasteiger partial charge in [-0.1, -0.05) is 18.2 Å². The quantitative estimate of drug-likeness (QED) is 0.679. The molecule has 22 heavy (non-hydrogen) atoms. The molecular formula is C17H16O5. The van der Waals surface area contributed by atoms with Crippen LogP contribution in [0.15, 0.2) is 42.5 Å². The molecule has 0 aliphatic rings. The molecule has 0 unspecified atom stereocenters. The van der Waals surface area contributed by atoms with Crippen molar-refractivity contribution in [3.05, 3.63) is 59.2 Å². The molecular weight excluding hydrogens is 284 g/mol.